The van der Waals surface area contributed by atoms with Crippen molar-refractivity contribution in [2.24, 2.45) is 0 Å². The zero-order valence-corrected chi connectivity index (χ0v) is 19.0. The van der Waals surface area contributed by atoms with Crippen molar-refractivity contribution in [3.63, 3.8) is 0 Å². The molecule has 0 bridgehead atoms. The van der Waals surface area contributed by atoms with Crippen LogP contribution in [-0.4, -0.2) is 28.7 Å². The van der Waals surface area contributed by atoms with Crippen molar-refractivity contribution in [1.82, 2.24) is 9.78 Å². The number of carbonyl (C=O) groups excluding carboxylic acids is 1. The number of carbonyl (C=O) groups is 1. The highest BCUT2D eigenvalue weighted by Crippen LogP contribution is 2.46. The van der Waals surface area contributed by atoms with Crippen LogP contribution in [0.5, 0.6) is 11.5 Å². The number of fused-ring (bicyclic) bond motifs is 2. The zero-order chi connectivity index (χ0) is 23.3. The minimum absolute atomic E-state index is 0.0611. The molecule has 0 unspecified atom stereocenters. The molecular weight excluding hydrogens is 529 g/mol. The fourth-order valence-electron chi connectivity index (χ4n) is 3.81. The van der Waals surface area contributed by atoms with E-state index in [9.17, 15) is 18.0 Å². The SMILES string of the molecule is O=C(Nc1ccc2c(c1)OCO2)c1nn2c(c1Cl)N[C@@H](c1ccc(Br)cc1)C[C@@H]2C(F)(F)F. The molecule has 33 heavy (non-hydrogen) atoms. The Balaban J connectivity index is 1.47. The summed E-state index contributed by atoms with van der Waals surface area (Å²) in [6, 6.07) is 9.06. The van der Waals surface area contributed by atoms with Gasteiger partial charge in [-0.25, -0.2) is 4.68 Å². The van der Waals surface area contributed by atoms with Gasteiger partial charge in [-0.3, -0.25) is 4.79 Å². The number of benzene rings is 2. The molecule has 3 aromatic rings. The first kappa shape index (κ1) is 21.9. The highest BCUT2D eigenvalue weighted by atomic mass is 79.9. The van der Waals surface area contributed by atoms with Gasteiger partial charge in [0.05, 0.1) is 6.04 Å². The third kappa shape index (κ3) is 4.10. The summed E-state index contributed by atoms with van der Waals surface area (Å²) < 4.78 is 53.8. The molecule has 1 aromatic heterocycles. The number of halogens is 5. The number of nitrogens with zero attached hydrogens (tertiary/aromatic N) is 2. The Morgan fingerprint density at radius 2 is 1.91 bits per heavy atom. The van der Waals surface area contributed by atoms with Crippen molar-refractivity contribution >= 4 is 44.9 Å². The van der Waals surface area contributed by atoms with E-state index in [2.05, 4.69) is 31.7 Å². The Bertz CT molecular complexity index is 1230. The summed E-state index contributed by atoms with van der Waals surface area (Å²) in [7, 11) is 0. The molecule has 0 fully saturated rings. The van der Waals surface area contributed by atoms with Crippen LogP contribution in [-0.2, 0) is 0 Å². The Labute approximate surface area is 198 Å². The normalized spacial score (nSPS) is 19.1. The van der Waals surface area contributed by atoms with Gasteiger partial charge in [-0.1, -0.05) is 39.7 Å². The van der Waals surface area contributed by atoms with Gasteiger partial charge < -0.3 is 20.1 Å². The van der Waals surface area contributed by atoms with Crippen molar-refractivity contribution in [3.05, 3.63) is 63.2 Å². The van der Waals surface area contributed by atoms with E-state index < -0.39 is 24.2 Å². The second-order valence-corrected chi connectivity index (χ2v) is 8.81. The van der Waals surface area contributed by atoms with Crippen LogP contribution in [0, 0.1) is 0 Å². The van der Waals surface area contributed by atoms with Crippen LogP contribution in [0.2, 0.25) is 5.02 Å². The van der Waals surface area contributed by atoms with Crippen LogP contribution in [0.1, 0.15) is 34.6 Å². The Hall–Kier alpha value is -2.92. The predicted octanol–water partition coefficient (Wildman–Crippen LogP) is 5.94. The molecule has 7 nitrogen and oxygen atoms in total. The molecule has 2 aliphatic heterocycles. The van der Waals surface area contributed by atoms with E-state index in [1.807, 2.05) is 0 Å². The number of rotatable bonds is 3. The first-order valence-corrected chi connectivity index (χ1v) is 11.0. The second kappa shape index (κ2) is 8.14. The number of hydrogen-bond acceptors (Lipinski definition) is 5. The minimum atomic E-state index is -4.59. The average Bonchev–Trinajstić information content (AvgIpc) is 3.37. The van der Waals surface area contributed by atoms with Gasteiger partial charge in [0.2, 0.25) is 6.79 Å². The fourth-order valence-corrected chi connectivity index (χ4v) is 4.34. The van der Waals surface area contributed by atoms with Gasteiger partial charge in [0, 0.05) is 22.6 Å². The molecule has 1 amide bonds. The van der Waals surface area contributed by atoms with Crippen LogP contribution in [0.15, 0.2) is 46.9 Å². The number of alkyl halides is 3. The molecule has 0 aliphatic carbocycles. The third-order valence-corrected chi connectivity index (χ3v) is 6.30. The van der Waals surface area contributed by atoms with E-state index in [4.69, 9.17) is 21.1 Å². The summed E-state index contributed by atoms with van der Waals surface area (Å²) in [5.74, 6) is 0.163. The van der Waals surface area contributed by atoms with Crippen LogP contribution in [0.3, 0.4) is 0 Å². The van der Waals surface area contributed by atoms with E-state index >= 15 is 0 Å². The minimum Gasteiger partial charge on any atom is -0.454 e. The highest BCUT2D eigenvalue weighted by molar-refractivity contribution is 9.10. The van der Waals surface area contributed by atoms with Gasteiger partial charge in [-0.15, -0.1) is 0 Å². The molecule has 0 saturated carbocycles. The Kier molecular flexibility index (Phi) is 5.40. The highest BCUT2D eigenvalue weighted by Gasteiger charge is 2.47. The van der Waals surface area contributed by atoms with Crippen molar-refractivity contribution in [2.45, 2.75) is 24.7 Å². The molecule has 0 spiro atoms. The molecule has 172 valence electrons. The largest absolute Gasteiger partial charge is 0.454 e. The van der Waals surface area contributed by atoms with Gasteiger partial charge >= 0.3 is 6.18 Å². The summed E-state index contributed by atoms with van der Waals surface area (Å²) in [5.41, 5.74) is 0.698. The van der Waals surface area contributed by atoms with Crippen LogP contribution in [0.25, 0.3) is 0 Å². The van der Waals surface area contributed by atoms with Crippen molar-refractivity contribution < 1.29 is 27.4 Å². The van der Waals surface area contributed by atoms with Gasteiger partial charge in [-0.05, 0) is 29.8 Å². The van der Waals surface area contributed by atoms with Gasteiger partial charge in [0.25, 0.3) is 5.91 Å². The maximum absolute atomic E-state index is 13.9. The van der Waals surface area contributed by atoms with Crippen LogP contribution < -0.4 is 20.1 Å². The number of hydrogen-bond donors (Lipinski definition) is 2. The van der Waals surface area contributed by atoms with Crippen molar-refractivity contribution in [1.29, 1.82) is 0 Å². The molecular formula is C21H15BrClF3N4O3. The lowest BCUT2D eigenvalue weighted by molar-refractivity contribution is -0.173. The molecule has 2 atom stereocenters. The lowest BCUT2D eigenvalue weighted by Crippen LogP contribution is -2.35. The molecule has 0 radical (unpaired) electrons. The lowest BCUT2D eigenvalue weighted by Gasteiger charge is -2.33. The van der Waals surface area contributed by atoms with E-state index in [0.717, 1.165) is 9.15 Å². The Morgan fingerprint density at radius 1 is 1.18 bits per heavy atom. The number of ether oxygens (including phenoxy) is 2. The van der Waals surface area contributed by atoms with Crippen LogP contribution >= 0.6 is 27.5 Å². The summed E-state index contributed by atoms with van der Waals surface area (Å²) >= 11 is 9.68. The first-order valence-electron chi connectivity index (χ1n) is 9.78. The summed E-state index contributed by atoms with van der Waals surface area (Å²) in [5, 5.41) is 9.35. The molecule has 0 saturated heterocycles. The van der Waals surface area contributed by atoms with E-state index in [1.165, 1.54) is 0 Å². The predicted molar refractivity (Wildman–Crippen MR) is 118 cm³/mol. The standard InChI is InChI=1S/C21H15BrClF3N4O3/c22-11-3-1-10(2-4-11)13-8-16(21(24,25)26)30-19(28-13)17(23)18(29-30)20(31)27-12-5-6-14-15(7-12)33-9-32-14/h1-7,13,16,28H,8-9H2,(H,27,31)/t13-,16-/m1/s1. The summed E-state index contributed by atoms with van der Waals surface area (Å²) in [6.45, 7) is 0.0658. The maximum atomic E-state index is 13.9. The van der Waals surface area contributed by atoms with Gasteiger partial charge in [0.15, 0.2) is 23.2 Å². The van der Waals surface area contributed by atoms with Gasteiger partial charge in [0.1, 0.15) is 10.8 Å². The summed E-state index contributed by atoms with van der Waals surface area (Å²) in [4.78, 5) is 12.8. The first-order chi connectivity index (χ1) is 15.7. The molecule has 3 heterocycles. The molecule has 2 N–H and O–H groups in total. The maximum Gasteiger partial charge on any atom is 0.410 e. The van der Waals surface area contributed by atoms with E-state index in [1.54, 1.807) is 42.5 Å². The fraction of sp³-hybridized carbons (Fsp3) is 0.238. The molecule has 2 aromatic carbocycles. The molecule has 12 heteroatoms. The second-order valence-electron chi connectivity index (χ2n) is 7.52. The summed E-state index contributed by atoms with van der Waals surface area (Å²) in [6.07, 6.45) is -4.90. The number of anilines is 2. The monoisotopic (exact) mass is 542 g/mol. The van der Waals surface area contributed by atoms with Crippen LogP contribution in [0.4, 0.5) is 24.7 Å². The Morgan fingerprint density at radius 3 is 2.64 bits per heavy atom. The average molecular weight is 544 g/mol. The third-order valence-electron chi connectivity index (χ3n) is 5.41. The van der Waals surface area contributed by atoms with E-state index in [-0.39, 0.29) is 29.7 Å². The van der Waals surface area contributed by atoms with E-state index in [0.29, 0.717) is 22.7 Å². The van der Waals surface area contributed by atoms with Crippen molar-refractivity contribution in [3.8, 4) is 11.5 Å². The quantitative estimate of drug-likeness (QED) is 0.428. The van der Waals surface area contributed by atoms with Crippen molar-refractivity contribution in [2.75, 3.05) is 17.4 Å². The molecule has 5 rings (SSSR count). The molecule has 2 aliphatic rings. The topological polar surface area (TPSA) is 77.4 Å². The van der Waals surface area contributed by atoms with Gasteiger partial charge in [-0.2, -0.15) is 18.3 Å². The lowest BCUT2D eigenvalue weighted by atomic mass is 9.97. The zero-order valence-electron chi connectivity index (χ0n) is 16.6. The number of aromatic nitrogens is 2. The smallest absolute Gasteiger partial charge is 0.410 e. The number of nitrogens with one attached hydrogen (secondary N) is 2. The number of amides is 1.